The van der Waals surface area contributed by atoms with E-state index in [9.17, 15) is 9.59 Å². The molecule has 0 aliphatic heterocycles. The molecule has 3 aromatic carbocycles. The summed E-state index contributed by atoms with van der Waals surface area (Å²) in [5.74, 6) is 0.322. The van der Waals surface area contributed by atoms with Crippen LogP contribution in [0.5, 0.6) is 5.75 Å². The van der Waals surface area contributed by atoms with Gasteiger partial charge in [-0.3, -0.25) is 9.59 Å². The van der Waals surface area contributed by atoms with Gasteiger partial charge in [0.05, 0.1) is 18.3 Å². The van der Waals surface area contributed by atoms with Crippen LogP contribution in [0.15, 0.2) is 78.9 Å². The second-order valence-electron chi connectivity index (χ2n) is 7.35. The summed E-state index contributed by atoms with van der Waals surface area (Å²) in [6, 6.07) is 23.8. The molecule has 0 saturated carbocycles. The van der Waals surface area contributed by atoms with Crippen molar-refractivity contribution >= 4 is 28.9 Å². The third-order valence-electron chi connectivity index (χ3n) is 4.53. The lowest BCUT2D eigenvalue weighted by Gasteiger charge is -2.18. The first-order chi connectivity index (χ1) is 14.9. The Hall–Kier alpha value is -3.80. The van der Waals surface area contributed by atoms with E-state index in [0.717, 1.165) is 11.4 Å². The van der Waals surface area contributed by atoms with E-state index in [2.05, 4.69) is 10.6 Å². The lowest BCUT2D eigenvalue weighted by atomic mass is 10.1. The van der Waals surface area contributed by atoms with Crippen molar-refractivity contribution in [3.8, 4) is 5.75 Å². The number of carbonyl (C=O) groups is 2. The molecule has 0 heterocycles. The topological polar surface area (TPSA) is 70.7 Å². The molecule has 0 radical (unpaired) electrons. The number of amides is 2. The fraction of sp³-hybridized carbons (Fsp3) is 0.200. The van der Waals surface area contributed by atoms with Crippen LogP contribution >= 0.6 is 0 Å². The van der Waals surface area contributed by atoms with Crippen LogP contribution < -0.4 is 20.3 Å². The average Bonchev–Trinajstić information content (AvgIpc) is 2.78. The first-order valence-electron chi connectivity index (χ1n) is 10.2. The summed E-state index contributed by atoms with van der Waals surface area (Å²) < 4.78 is 5.76. The maximum Gasteiger partial charge on any atom is 0.258 e. The molecule has 0 aliphatic rings. The lowest BCUT2D eigenvalue weighted by molar-refractivity contribution is -0.114. The number of hydrogen-bond donors (Lipinski definition) is 2. The maximum atomic E-state index is 12.8. The molecule has 31 heavy (non-hydrogen) atoms. The third kappa shape index (κ3) is 6.09. The highest BCUT2D eigenvalue weighted by Gasteiger charge is 2.14. The molecular formula is C25H27N3O3. The standard InChI is InChI=1S/C25H27N3O3/c1-18(2)31-23-15-8-7-14-22(23)26-17-24(29)27-20-11-9-10-19(16-20)25(30)28(3)21-12-5-4-6-13-21/h4-16,18,26H,17H2,1-3H3,(H,27,29). The summed E-state index contributed by atoms with van der Waals surface area (Å²) in [7, 11) is 1.73. The third-order valence-corrected chi connectivity index (χ3v) is 4.53. The molecule has 2 amide bonds. The SMILES string of the molecule is CC(C)Oc1ccccc1NCC(=O)Nc1cccc(C(=O)N(C)c2ccccc2)c1. The van der Waals surface area contributed by atoms with Crippen LogP contribution in [-0.2, 0) is 4.79 Å². The molecule has 0 unspecified atom stereocenters. The van der Waals surface area contributed by atoms with Gasteiger partial charge in [0.25, 0.3) is 5.91 Å². The van der Waals surface area contributed by atoms with Crippen LogP contribution in [0.4, 0.5) is 17.1 Å². The normalized spacial score (nSPS) is 10.5. The van der Waals surface area contributed by atoms with Gasteiger partial charge in [-0.1, -0.05) is 36.4 Å². The number of carbonyl (C=O) groups excluding carboxylic acids is 2. The molecule has 6 heteroatoms. The van der Waals surface area contributed by atoms with Gasteiger partial charge in [-0.25, -0.2) is 0 Å². The Morgan fingerprint density at radius 2 is 1.65 bits per heavy atom. The van der Waals surface area contributed by atoms with Crippen molar-refractivity contribution < 1.29 is 14.3 Å². The van der Waals surface area contributed by atoms with Gasteiger partial charge in [0.2, 0.25) is 5.91 Å². The van der Waals surface area contributed by atoms with Crippen LogP contribution in [0.25, 0.3) is 0 Å². The van der Waals surface area contributed by atoms with Crippen molar-refractivity contribution in [2.24, 2.45) is 0 Å². The van der Waals surface area contributed by atoms with Crippen LogP contribution in [-0.4, -0.2) is 31.5 Å². The Bertz CT molecular complexity index is 1030. The van der Waals surface area contributed by atoms with Gasteiger partial charge < -0.3 is 20.3 Å². The van der Waals surface area contributed by atoms with Gasteiger partial charge in [0, 0.05) is 24.0 Å². The highest BCUT2D eigenvalue weighted by molar-refractivity contribution is 6.06. The fourth-order valence-electron chi connectivity index (χ4n) is 3.04. The number of nitrogens with one attached hydrogen (secondary N) is 2. The van der Waals surface area contributed by atoms with Crippen molar-refractivity contribution in [3.05, 3.63) is 84.4 Å². The fourth-order valence-corrected chi connectivity index (χ4v) is 3.04. The Labute approximate surface area is 182 Å². The number of hydrogen-bond acceptors (Lipinski definition) is 4. The van der Waals surface area contributed by atoms with Gasteiger partial charge in [0.15, 0.2) is 0 Å². The van der Waals surface area contributed by atoms with E-state index in [1.54, 1.807) is 36.2 Å². The molecule has 2 N–H and O–H groups in total. The van der Waals surface area contributed by atoms with Gasteiger partial charge >= 0.3 is 0 Å². The quantitative estimate of drug-likeness (QED) is 0.552. The Morgan fingerprint density at radius 1 is 0.935 bits per heavy atom. The summed E-state index contributed by atoms with van der Waals surface area (Å²) in [6.07, 6.45) is 0.0334. The molecule has 0 fully saturated rings. The maximum absolute atomic E-state index is 12.8. The van der Waals surface area contributed by atoms with E-state index in [1.165, 1.54) is 0 Å². The van der Waals surface area contributed by atoms with Crippen molar-refractivity contribution in [2.45, 2.75) is 20.0 Å². The van der Waals surface area contributed by atoms with Gasteiger partial charge in [0.1, 0.15) is 5.75 Å². The van der Waals surface area contributed by atoms with Crippen LogP contribution in [0.2, 0.25) is 0 Å². The van der Waals surface area contributed by atoms with Crippen molar-refractivity contribution in [2.75, 3.05) is 29.1 Å². The van der Waals surface area contributed by atoms with Crippen molar-refractivity contribution in [1.82, 2.24) is 0 Å². The minimum atomic E-state index is -0.222. The van der Waals surface area contributed by atoms with E-state index < -0.39 is 0 Å². The molecule has 0 bridgehead atoms. The first-order valence-corrected chi connectivity index (χ1v) is 10.2. The number of anilines is 3. The molecule has 0 aromatic heterocycles. The van der Waals surface area contributed by atoms with E-state index in [4.69, 9.17) is 4.74 Å². The van der Waals surface area contributed by atoms with E-state index >= 15 is 0 Å². The molecule has 3 aromatic rings. The monoisotopic (exact) mass is 417 g/mol. The van der Waals surface area contributed by atoms with Crippen LogP contribution in [0, 0.1) is 0 Å². The van der Waals surface area contributed by atoms with Crippen LogP contribution in [0.3, 0.4) is 0 Å². The number of para-hydroxylation sites is 3. The molecule has 0 spiro atoms. The highest BCUT2D eigenvalue weighted by atomic mass is 16.5. The summed E-state index contributed by atoms with van der Waals surface area (Å²) in [4.78, 5) is 26.8. The lowest BCUT2D eigenvalue weighted by Crippen LogP contribution is -2.26. The van der Waals surface area contributed by atoms with E-state index in [1.807, 2.05) is 68.4 Å². The zero-order chi connectivity index (χ0) is 22.2. The van der Waals surface area contributed by atoms with Crippen molar-refractivity contribution in [1.29, 1.82) is 0 Å². The second kappa shape index (κ2) is 10.3. The smallest absolute Gasteiger partial charge is 0.258 e. The minimum Gasteiger partial charge on any atom is -0.489 e. The van der Waals surface area contributed by atoms with Crippen molar-refractivity contribution in [3.63, 3.8) is 0 Å². The predicted octanol–water partition coefficient (Wildman–Crippen LogP) is 4.80. The highest BCUT2D eigenvalue weighted by Crippen LogP contribution is 2.24. The number of benzene rings is 3. The zero-order valence-corrected chi connectivity index (χ0v) is 18.0. The molecule has 160 valence electrons. The molecule has 6 nitrogen and oxygen atoms in total. The minimum absolute atomic E-state index is 0.0334. The predicted molar refractivity (Wildman–Crippen MR) is 125 cm³/mol. The number of nitrogens with zero attached hydrogens (tertiary/aromatic N) is 1. The zero-order valence-electron chi connectivity index (χ0n) is 18.0. The van der Waals surface area contributed by atoms with Gasteiger partial charge in [-0.15, -0.1) is 0 Å². The largest absolute Gasteiger partial charge is 0.489 e. The van der Waals surface area contributed by atoms with E-state index in [0.29, 0.717) is 17.0 Å². The molecule has 0 saturated heterocycles. The Kier molecular flexibility index (Phi) is 7.27. The first kappa shape index (κ1) is 21.9. The number of rotatable bonds is 8. The number of ether oxygens (including phenoxy) is 1. The van der Waals surface area contributed by atoms with Gasteiger partial charge in [-0.05, 0) is 56.3 Å². The second-order valence-corrected chi connectivity index (χ2v) is 7.35. The summed E-state index contributed by atoms with van der Waals surface area (Å²) >= 11 is 0. The molecular weight excluding hydrogens is 390 g/mol. The Morgan fingerprint density at radius 3 is 2.39 bits per heavy atom. The molecule has 0 atom stereocenters. The summed E-state index contributed by atoms with van der Waals surface area (Å²) in [5.41, 5.74) is 2.60. The molecule has 3 rings (SSSR count). The summed E-state index contributed by atoms with van der Waals surface area (Å²) in [6.45, 7) is 3.97. The van der Waals surface area contributed by atoms with E-state index in [-0.39, 0.29) is 24.5 Å². The Balaban J connectivity index is 1.62. The average molecular weight is 418 g/mol. The molecule has 0 aliphatic carbocycles. The van der Waals surface area contributed by atoms with Crippen LogP contribution in [0.1, 0.15) is 24.2 Å². The van der Waals surface area contributed by atoms with Gasteiger partial charge in [-0.2, -0.15) is 0 Å². The summed E-state index contributed by atoms with van der Waals surface area (Å²) in [5, 5.41) is 5.94.